The van der Waals surface area contributed by atoms with Gasteiger partial charge in [-0.15, -0.1) is 0 Å². The minimum Gasteiger partial charge on any atom is -0.361 e. The van der Waals surface area contributed by atoms with Crippen LogP contribution in [0.1, 0.15) is 24.5 Å². The monoisotopic (exact) mass is 393 g/mol. The van der Waals surface area contributed by atoms with Gasteiger partial charge in [0.2, 0.25) is 11.8 Å². The number of nitrogens with zero attached hydrogens (tertiary/aromatic N) is 1. The second-order valence-electron chi connectivity index (χ2n) is 7.53. The molecule has 6 heteroatoms. The van der Waals surface area contributed by atoms with E-state index in [2.05, 4.69) is 17.2 Å². The molecule has 3 aromatic rings. The maximum Gasteiger partial charge on any atom is 0.229 e. The Labute approximate surface area is 168 Å². The van der Waals surface area contributed by atoms with E-state index < -0.39 is 0 Å². The molecule has 0 bridgehead atoms. The number of hydrogen-bond donors (Lipinski definition) is 2. The number of nitrogens with one attached hydrogen (secondary N) is 2. The molecule has 1 aromatic heterocycles. The number of carbonyl (C=O) groups excluding carboxylic acids is 2. The van der Waals surface area contributed by atoms with E-state index in [1.807, 2.05) is 30.5 Å². The number of amides is 2. The summed E-state index contributed by atoms with van der Waals surface area (Å²) < 4.78 is 13.5. The predicted octanol–water partition coefficient (Wildman–Crippen LogP) is 3.90. The van der Waals surface area contributed by atoms with Crippen molar-refractivity contribution in [1.82, 2.24) is 9.88 Å². The molecule has 0 aliphatic carbocycles. The zero-order chi connectivity index (χ0) is 20.4. The number of anilines is 1. The van der Waals surface area contributed by atoms with Crippen LogP contribution in [0.4, 0.5) is 10.1 Å². The van der Waals surface area contributed by atoms with Crippen molar-refractivity contribution in [3.63, 3.8) is 0 Å². The molecule has 29 heavy (non-hydrogen) atoms. The molecule has 0 radical (unpaired) electrons. The summed E-state index contributed by atoms with van der Waals surface area (Å²) in [5, 5.41) is 3.75. The van der Waals surface area contributed by atoms with E-state index in [0.717, 1.165) is 28.6 Å². The first-order valence-electron chi connectivity index (χ1n) is 9.96. The van der Waals surface area contributed by atoms with E-state index >= 15 is 0 Å². The van der Waals surface area contributed by atoms with Crippen LogP contribution in [-0.4, -0.2) is 34.8 Å². The Hall–Kier alpha value is -3.15. The topological polar surface area (TPSA) is 65.2 Å². The molecule has 1 aliphatic rings. The van der Waals surface area contributed by atoms with Crippen LogP contribution in [-0.2, 0) is 22.4 Å². The molecule has 5 nitrogen and oxygen atoms in total. The van der Waals surface area contributed by atoms with Gasteiger partial charge in [0.05, 0.1) is 5.92 Å². The molecule has 2 heterocycles. The zero-order valence-corrected chi connectivity index (χ0v) is 16.4. The van der Waals surface area contributed by atoms with Gasteiger partial charge in [-0.1, -0.05) is 19.1 Å². The van der Waals surface area contributed by atoms with Crippen LogP contribution in [0.25, 0.3) is 10.9 Å². The van der Waals surface area contributed by atoms with Gasteiger partial charge in [-0.2, -0.15) is 0 Å². The number of aryl methyl sites for hydroxylation is 1. The third-order valence-electron chi connectivity index (χ3n) is 5.60. The van der Waals surface area contributed by atoms with Gasteiger partial charge in [0.1, 0.15) is 5.82 Å². The lowest BCUT2D eigenvalue weighted by atomic mass is 10.1. The van der Waals surface area contributed by atoms with E-state index in [1.54, 1.807) is 11.0 Å². The van der Waals surface area contributed by atoms with Crippen molar-refractivity contribution in [2.24, 2.45) is 5.92 Å². The average Bonchev–Trinajstić information content (AvgIpc) is 3.30. The lowest BCUT2D eigenvalue weighted by Crippen LogP contribution is -2.30. The lowest BCUT2D eigenvalue weighted by Gasteiger charge is -2.16. The van der Waals surface area contributed by atoms with Gasteiger partial charge in [-0.25, -0.2) is 4.39 Å². The highest BCUT2D eigenvalue weighted by Crippen LogP contribution is 2.23. The Bertz CT molecular complexity index is 1040. The number of halogens is 1. The van der Waals surface area contributed by atoms with Crippen molar-refractivity contribution in [2.75, 3.05) is 18.4 Å². The number of carbonyl (C=O) groups is 2. The Morgan fingerprint density at radius 1 is 1.24 bits per heavy atom. The summed E-state index contributed by atoms with van der Waals surface area (Å²) in [6, 6.07) is 12.4. The van der Waals surface area contributed by atoms with Gasteiger partial charge in [0.15, 0.2) is 0 Å². The first-order valence-corrected chi connectivity index (χ1v) is 9.96. The molecular weight excluding hydrogens is 369 g/mol. The van der Waals surface area contributed by atoms with Crippen molar-refractivity contribution < 1.29 is 14.0 Å². The molecule has 0 unspecified atom stereocenters. The molecule has 1 atom stereocenters. The highest BCUT2D eigenvalue weighted by Gasteiger charge is 2.34. The molecular formula is C23H24FN3O2. The van der Waals surface area contributed by atoms with Crippen LogP contribution in [0.3, 0.4) is 0 Å². The fourth-order valence-electron chi connectivity index (χ4n) is 3.84. The summed E-state index contributed by atoms with van der Waals surface area (Å²) in [6.45, 7) is 3.00. The maximum atomic E-state index is 13.5. The van der Waals surface area contributed by atoms with Crippen molar-refractivity contribution in [3.05, 3.63) is 65.6 Å². The van der Waals surface area contributed by atoms with E-state index in [1.165, 1.54) is 17.7 Å². The summed E-state index contributed by atoms with van der Waals surface area (Å²) in [6.07, 6.45) is 3.64. The van der Waals surface area contributed by atoms with E-state index in [0.29, 0.717) is 19.5 Å². The first kappa shape index (κ1) is 19.2. The van der Waals surface area contributed by atoms with Gasteiger partial charge in [-0.05, 0) is 54.3 Å². The molecule has 1 saturated heterocycles. The Morgan fingerprint density at radius 2 is 2.03 bits per heavy atom. The standard InChI is InChI=1S/C23H24FN3O2/c1-2-15-3-6-19(7-4-15)26-23(29)17-11-22(28)27(14-17)10-9-16-13-25-21-8-5-18(24)12-20(16)21/h3-8,12-13,17,25H,2,9-11,14H2,1H3,(H,26,29)/t17-/m1/s1. The molecule has 1 aliphatic heterocycles. The van der Waals surface area contributed by atoms with Gasteiger partial charge in [0, 0.05) is 42.3 Å². The van der Waals surface area contributed by atoms with Crippen LogP contribution >= 0.6 is 0 Å². The van der Waals surface area contributed by atoms with Crippen LogP contribution < -0.4 is 5.32 Å². The van der Waals surface area contributed by atoms with Gasteiger partial charge >= 0.3 is 0 Å². The maximum absolute atomic E-state index is 13.5. The minimum absolute atomic E-state index is 0.0162. The largest absolute Gasteiger partial charge is 0.361 e. The van der Waals surface area contributed by atoms with Crippen molar-refractivity contribution in [3.8, 4) is 0 Å². The number of aromatic amines is 1. The third-order valence-corrected chi connectivity index (χ3v) is 5.60. The van der Waals surface area contributed by atoms with E-state index in [9.17, 15) is 14.0 Å². The third kappa shape index (κ3) is 4.16. The van der Waals surface area contributed by atoms with E-state index in [4.69, 9.17) is 0 Å². The molecule has 0 spiro atoms. The minimum atomic E-state index is -0.353. The van der Waals surface area contributed by atoms with Gasteiger partial charge in [0.25, 0.3) is 0 Å². The van der Waals surface area contributed by atoms with Crippen molar-refractivity contribution in [1.29, 1.82) is 0 Å². The predicted molar refractivity (Wildman–Crippen MR) is 111 cm³/mol. The number of likely N-dealkylation sites (tertiary alicyclic amines) is 1. The average molecular weight is 393 g/mol. The van der Waals surface area contributed by atoms with Gasteiger partial charge < -0.3 is 15.2 Å². The molecule has 150 valence electrons. The number of fused-ring (bicyclic) bond motifs is 1. The van der Waals surface area contributed by atoms with Crippen LogP contribution in [0, 0.1) is 11.7 Å². The summed E-state index contributed by atoms with van der Waals surface area (Å²) in [5.41, 5.74) is 3.80. The molecule has 0 saturated carbocycles. The van der Waals surface area contributed by atoms with Crippen LogP contribution in [0.15, 0.2) is 48.7 Å². The number of hydrogen-bond acceptors (Lipinski definition) is 2. The quantitative estimate of drug-likeness (QED) is 0.667. The van der Waals surface area contributed by atoms with Crippen molar-refractivity contribution in [2.45, 2.75) is 26.2 Å². The zero-order valence-electron chi connectivity index (χ0n) is 16.4. The normalized spacial score (nSPS) is 16.6. The summed E-state index contributed by atoms with van der Waals surface area (Å²) in [7, 11) is 0. The Kier molecular flexibility index (Phi) is 5.34. The van der Waals surface area contributed by atoms with Crippen LogP contribution in [0.2, 0.25) is 0 Å². The van der Waals surface area contributed by atoms with Gasteiger partial charge in [-0.3, -0.25) is 9.59 Å². The SMILES string of the molecule is CCc1ccc(NC(=O)[C@@H]2CC(=O)N(CCc3c[nH]c4ccc(F)cc34)C2)cc1. The summed E-state index contributed by atoms with van der Waals surface area (Å²) >= 11 is 0. The Balaban J connectivity index is 1.35. The molecule has 1 fully saturated rings. The summed E-state index contributed by atoms with van der Waals surface area (Å²) in [4.78, 5) is 29.8. The fourth-order valence-corrected chi connectivity index (χ4v) is 3.84. The van der Waals surface area contributed by atoms with Crippen LogP contribution in [0.5, 0.6) is 0 Å². The molecule has 2 amide bonds. The molecule has 4 rings (SSSR count). The van der Waals surface area contributed by atoms with Crippen molar-refractivity contribution >= 4 is 28.4 Å². The number of H-pyrrole nitrogens is 1. The number of benzene rings is 2. The number of rotatable bonds is 6. The fraction of sp³-hybridized carbons (Fsp3) is 0.304. The highest BCUT2D eigenvalue weighted by atomic mass is 19.1. The number of aromatic nitrogens is 1. The molecule has 2 aromatic carbocycles. The van der Waals surface area contributed by atoms with E-state index in [-0.39, 0.29) is 30.0 Å². The first-order chi connectivity index (χ1) is 14.0. The second-order valence-corrected chi connectivity index (χ2v) is 7.53. The highest BCUT2D eigenvalue weighted by molar-refractivity contribution is 5.97. The lowest BCUT2D eigenvalue weighted by molar-refractivity contribution is -0.128. The summed E-state index contributed by atoms with van der Waals surface area (Å²) in [5.74, 6) is -0.773. The molecule has 2 N–H and O–H groups in total. The Morgan fingerprint density at radius 3 is 2.79 bits per heavy atom. The smallest absolute Gasteiger partial charge is 0.229 e. The second kappa shape index (κ2) is 8.07.